The van der Waals surface area contributed by atoms with Crippen molar-refractivity contribution in [3.8, 4) is 6.07 Å². The number of hydrogen-bond donors (Lipinski definition) is 1. The summed E-state index contributed by atoms with van der Waals surface area (Å²) in [7, 11) is 1.38. The average molecular weight is 297 g/mol. The van der Waals surface area contributed by atoms with Crippen LogP contribution in [0.1, 0.15) is 39.5 Å². The Labute approximate surface area is 127 Å². The minimum atomic E-state index is -0.481. The lowest BCUT2D eigenvalue weighted by Crippen LogP contribution is -2.57. The second kappa shape index (κ2) is 8.20. The Kier molecular flexibility index (Phi) is 6.93. The van der Waals surface area contributed by atoms with E-state index < -0.39 is 5.54 Å². The summed E-state index contributed by atoms with van der Waals surface area (Å²) in [6, 6.07) is 2.44. The SMILES string of the molecule is CC.COC(=O)N1CCC(C#N)(N2CCC(O)CC2)CC1. The van der Waals surface area contributed by atoms with Crippen LogP contribution in [0.25, 0.3) is 0 Å². The van der Waals surface area contributed by atoms with E-state index in [9.17, 15) is 15.2 Å². The molecule has 0 saturated carbocycles. The Balaban J connectivity index is 0.00000106. The number of ether oxygens (including phenoxy) is 1. The third-order valence-corrected chi connectivity index (χ3v) is 4.30. The highest BCUT2D eigenvalue weighted by Crippen LogP contribution is 2.31. The number of hydrogen-bond acceptors (Lipinski definition) is 5. The number of rotatable bonds is 1. The molecule has 6 heteroatoms. The molecule has 0 spiro atoms. The van der Waals surface area contributed by atoms with E-state index in [-0.39, 0.29) is 12.2 Å². The minimum absolute atomic E-state index is 0.234. The molecule has 2 fully saturated rings. The second-order valence-electron chi connectivity index (χ2n) is 5.32. The first-order valence-corrected chi connectivity index (χ1v) is 7.78. The standard InChI is InChI=1S/C13H21N3O3.C2H6/c1-19-12(18)15-8-4-13(10-14,5-9-15)16-6-2-11(17)3-7-16;1-2/h11,17H,2-9H2,1H3;1-2H3. The first kappa shape index (κ1) is 17.7. The van der Waals surface area contributed by atoms with Gasteiger partial charge in [-0.25, -0.2) is 4.79 Å². The van der Waals surface area contributed by atoms with Crippen molar-refractivity contribution in [2.24, 2.45) is 0 Å². The van der Waals surface area contributed by atoms with Crippen LogP contribution in [0.15, 0.2) is 0 Å². The molecule has 120 valence electrons. The van der Waals surface area contributed by atoms with E-state index in [2.05, 4.69) is 11.0 Å². The number of carbonyl (C=O) groups excluding carboxylic acids is 1. The van der Waals surface area contributed by atoms with E-state index in [1.165, 1.54) is 7.11 Å². The largest absolute Gasteiger partial charge is 0.453 e. The van der Waals surface area contributed by atoms with Crippen LogP contribution in [0.5, 0.6) is 0 Å². The van der Waals surface area contributed by atoms with Crippen LogP contribution >= 0.6 is 0 Å². The molecule has 0 unspecified atom stereocenters. The second-order valence-corrected chi connectivity index (χ2v) is 5.32. The number of amides is 1. The molecular weight excluding hydrogens is 270 g/mol. The fraction of sp³-hybridized carbons (Fsp3) is 0.867. The molecule has 0 bridgehead atoms. The molecule has 0 radical (unpaired) electrons. The minimum Gasteiger partial charge on any atom is -0.453 e. The van der Waals surface area contributed by atoms with Crippen LogP contribution in [-0.4, -0.2) is 65.9 Å². The number of nitrogens with zero attached hydrogens (tertiary/aromatic N) is 3. The number of nitriles is 1. The van der Waals surface area contributed by atoms with Gasteiger partial charge in [-0.3, -0.25) is 4.90 Å². The van der Waals surface area contributed by atoms with E-state index in [4.69, 9.17) is 4.74 Å². The van der Waals surface area contributed by atoms with Crippen molar-refractivity contribution in [3.05, 3.63) is 0 Å². The molecule has 2 aliphatic heterocycles. The number of methoxy groups -OCH3 is 1. The third-order valence-electron chi connectivity index (χ3n) is 4.30. The summed E-state index contributed by atoms with van der Waals surface area (Å²) in [5.74, 6) is 0. The van der Waals surface area contributed by atoms with Crippen molar-refractivity contribution >= 4 is 6.09 Å². The summed E-state index contributed by atoms with van der Waals surface area (Å²) in [6.45, 7) is 6.62. The lowest BCUT2D eigenvalue weighted by atomic mass is 9.85. The normalized spacial score (nSPS) is 22.7. The molecule has 1 amide bonds. The molecule has 2 heterocycles. The monoisotopic (exact) mass is 297 g/mol. The summed E-state index contributed by atoms with van der Waals surface area (Å²) in [4.78, 5) is 15.3. The van der Waals surface area contributed by atoms with Gasteiger partial charge in [0.2, 0.25) is 0 Å². The summed E-state index contributed by atoms with van der Waals surface area (Å²) in [5, 5.41) is 19.1. The van der Waals surface area contributed by atoms with Crippen LogP contribution < -0.4 is 0 Å². The zero-order chi connectivity index (χ0) is 15.9. The maximum Gasteiger partial charge on any atom is 0.409 e. The first-order valence-electron chi connectivity index (χ1n) is 7.78. The smallest absolute Gasteiger partial charge is 0.409 e. The predicted octanol–water partition coefficient (Wildman–Crippen LogP) is 1.59. The van der Waals surface area contributed by atoms with Gasteiger partial charge in [-0.2, -0.15) is 5.26 Å². The highest BCUT2D eigenvalue weighted by molar-refractivity contribution is 5.67. The van der Waals surface area contributed by atoms with Crippen molar-refractivity contribution in [3.63, 3.8) is 0 Å². The Morgan fingerprint density at radius 1 is 1.24 bits per heavy atom. The summed E-state index contributed by atoms with van der Waals surface area (Å²) < 4.78 is 4.71. The average Bonchev–Trinajstić information content (AvgIpc) is 2.56. The van der Waals surface area contributed by atoms with Gasteiger partial charge in [-0.15, -0.1) is 0 Å². The number of carbonyl (C=O) groups is 1. The third kappa shape index (κ3) is 4.08. The van der Waals surface area contributed by atoms with Gasteiger partial charge in [-0.1, -0.05) is 13.8 Å². The number of piperidine rings is 2. The van der Waals surface area contributed by atoms with Crippen molar-refractivity contribution in [1.29, 1.82) is 5.26 Å². The molecule has 1 N–H and O–H groups in total. The van der Waals surface area contributed by atoms with Crippen LogP contribution in [-0.2, 0) is 4.74 Å². The van der Waals surface area contributed by atoms with E-state index in [0.717, 1.165) is 25.9 Å². The lowest BCUT2D eigenvalue weighted by Gasteiger charge is -2.46. The summed E-state index contributed by atoms with van der Waals surface area (Å²) >= 11 is 0. The molecular formula is C15H27N3O3. The Bertz CT molecular complexity index is 365. The van der Waals surface area contributed by atoms with Crippen molar-refractivity contribution in [1.82, 2.24) is 9.80 Å². The molecule has 0 aromatic heterocycles. The van der Waals surface area contributed by atoms with Gasteiger partial charge in [0.1, 0.15) is 5.54 Å². The summed E-state index contributed by atoms with van der Waals surface area (Å²) in [6.07, 6.45) is 2.19. The van der Waals surface area contributed by atoms with Gasteiger partial charge >= 0.3 is 6.09 Å². The highest BCUT2D eigenvalue weighted by atomic mass is 16.5. The van der Waals surface area contributed by atoms with E-state index in [0.29, 0.717) is 25.9 Å². The van der Waals surface area contributed by atoms with Gasteiger partial charge in [0.05, 0.1) is 19.3 Å². The molecule has 2 saturated heterocycles. The Morgan fingerprint density at radius 2 is 1.76 bits per heavy atom. The van der Waals surface area contributed by atoms with E-state index >= 15 is 0 Å². The van der Waals surface area contributed by atoms with E-state index in [1.807, 2.05) is 13.8 Å². The lowest BCUT2D eigenvalue weighted by molar-refractivity contribution is 0.00899. The fourth-order valence-corrected chi connectivity index (χ4v) is 2.98. The predicted molar refractivity (Wildman–Crippen MR) is 79.7 cm³/mol. The molecule has 6 nitrogen and oxygen atoms in total. The molecule has 0 aromatic carbocycles. The van der Waals surface area contributed by atoms with Crippen molar-refractivity contribution < 1.29 is 14.6 Å². The zero-order valence-corrected chi connectivity index (χ0v) is 13.3. The van der Waals surface area contributed by atoms with Crippen molar-refractivity contribution in [2.45, 2.75) is 51.2 Å². The van der Waals surface area contributed by atoms with Crippen LogP contribution in [0, 0.1) is 11.3 Å². The van der Waals surface area contributed by atoms with Crippen LogP contribution in [0.4, 0.5) is 4.79 Å². The topological polar surface area (TPSA) is 76.8 Å². The number of aliphatic hydroxyl groups excluding tert-OH is 1. The maximum atomic E-state index is 11.5. The molecule has 0 aromatic rings. The van der Waals surface area contributed by atoms with Gasteiger partial charge in [0.25, 0.3) is 0 Å². The Morgan fingerprint density at radius 3 is 2.19 bits per heavy atom. The van der Waals surface area contributed by atoms with Gasteiger partial charge in [0.15, 0.2) is 0 Å². The van der Waals surface area contributed by atoms with Gasteiger partial charge in [-0.05, 0) is 25.7 Å². The van der Waals surface area contributed by atoms with Crippen LogP contribution in [0.2, 0.25) is 0 Å². The molecule has 0 aliphatic carbocycles. The molecule has 2 rings (SSSR count). The van der Waals surface area contributed by atoms with Crippen molar-refractivity contribution in [2.75, 3.05) is 33.3 Å². The molecule has 0 atom stereocenters. The van der Waals surface area contributed by atoms with Gasteiger partial charge in [0, 0.05) is 26.2 Å². The first-order chi connectivity index (χ1) is 10.1. The molecule has 21 heavy (non-hydrogen) atoms. The number of likely N-dealkylation sites (tertiary alicyclic amines) is 2. The fourth-order valence-electron chi connectivity index (χ4n) is 2.98. The molecule has 2 aliphatic rings. The summed E-state index contributed by atoms with van der Waals surface area (Å²) in [5.41, 5.74) is -0.481. The zero-order valence-electron chi connectivity index (χ0n) is 13.3. The van der Waals surface area contributed by atoms with Crippen LogP contribution in [0.3, 0.4) is 0 Å². The quantitative estimate of drug-likeness (QED) is 0.795. The van der Waals surface area contributed by atoms with Gasteiger partial charge < -0.3 is 14.7 Å². The Hall–Kier alpha value is -1.32. The number of aliphatic hydroxyl groups is 1. The maximum absolute atomic E-state index is 11.5. The highest BCUT2D eigenvalue weighted by Gasteiger charge is 2.42. The van der Waals surface area contributed by atoms with E-state index in [1.54, 1.807) is 4.90 Å².